The highest BCUT2D eigenvalue weighted by atomic mass is 16.5. The standard InChI is InChI=1S/C15H22N2O4/c1-19-13-2-4-14(5-3-13)21-9-6-16-12-15(18)17-7-10-20-11-8-17/h2-5,16H,6-12H2,1H3. The number of nitrogens with zero attached hydrogens (tertiary/aromatic N) is 1. The Balaban J connectivity index is 1.57. The fourth-order valence-corrected chi connectivity index (χ4v) is 2.03. The van der Waals surface area contributed by atoms with Crippen molar-refractivity contribution in [2.24, 2.45) is 0 Å². The van der Waals surface area contributed by atoms with Crippen LogP contribution in [0.3, 0.4) is 0 Å². The summed E-state index contributed by atoms with van der Waals surface area (Å²) in [6, 6.07) is 7.42. The smallest absolute Gasteiger partial charge is 0.236 e. The molecule has 21 heavy (non-hydrogen) atoms. The molecule has 0 unspecified atom stereocenters. The Morgan fingerprint density at radius 1 is 1.24 bits per heavy atom. The number of amides is 1. The molecule has 1 aliphatic rings. The minimum absolute atomic E-state index is 0.114. The summed E-state index contributed by atoms with van der Waals surface area (Å²) >= 11 is 0. The van der Waals surface area contributed by atoms with Gasteiger partial charge in [0, 0.05) is 19.6 Å². The minimum atomic E-state index is 0.114. The first-order valence-corrected chi connectivity index (χ1v) is 7.12. The molecule has 1 aliphatic heterocycles. The normalized spacial score (nSPS) is 14.8. The van der Waals surface area contributed by atoms with Gasteiger partial charge >= 0.3 is 0 Å². The van der Waals surface area contributed by atoms with Gasteiger partial charge < -0.3 is 24.4 Å². The summed E-state index contributed by atoms with van der Waals surface area (Å²) in [7, 11) is 1.63. The van der Waals surface area contributed by atoms with E-state index in [1.165, 1.54) is 0 Å². The number of benzene rings is 1. The molecule has 6 nitrogen and oxygen atoms in total. The zero-order valence-electron chi connectivity index (χ0n) is 12.3. The Bertz CT molecular complexity index is 430. The lowest BCUT2D eigenvalue weighted by molar-refractivity contribution is -0.134. The van der Waals surface area contributed by atoms with Gasteiger partial charge in [0.1, 0.15) is 18.1 Å². The van der Waals surface area contributed by atoms with Crippen LogP contribution in [0, 0.1) is 0 Å². The second kappa shape index (κ2) is 8.49. The molecule has 6 heteroatoms. The van der Waals surface area contributed by atoms with Crippen molar-refractivity contribution in [2.45, 2.75) is 0 Å². The lowest BCUT2D eigenvalue weighted by Gasteiger charge is -2.26. The van der Waals surface area contributed by atoms with E-state index in [4.69, 9.17) is 14.2 Å². The van der Waals surface area contributed by atoms with E-state index in [2.05, 4.69) is 5.32 Å². The molecule has 116 valence electrons. The zero-order chi connectivity index (χ0) is 14.9. The fraction of sp³-hybridized carbons (Fsp3) is 0.533. The van der Waals surface area contributed by atoms with Crippen LogP contribution in [0.1, 0.15) is 0 Å². The average molecular weight is 294 g/mol. The summed E-state index contributed by atoms with van der Waals surface area (Å²) in [5.74, 6) is 1.71. The highest BCUT2D eigenvalue weighted by Gasteiger charge is 2.15. The molecule has 1 fully saturated rings. The van der Waals surface area contributed by atoms with Crippen molar-refractivity contribution >= 4 is 5.91 Å². The monoisotopic (exact) mass is 294 g/mol. The molecule has 1 saturated heterocycles. The van der Waals surface area contributed by atoms with Gasteiger partial charge in [-0.2, -0.15) is 0 Å². The first-order valence-electron chi connectivity index (χ1n) is 7.12. The number of ether oxygens (including phenoxy) is 3. The highest BCUT2D eigenvalue weighted by Crippen LogP contribution is 2.16. The van der Waals surface area contributed by atoms with Gasteiger partial charge in [0.25, 0.3) is 0 Å². The molecule has 1 amide bonds. The molecule has 1 aromatic carbocycles. The van der Waals surface area contributed by atoms with Crippen LogP contribution in [-0.4, -0.2) is 63.9 Å². The van der Waals surface area contributed by atoms with Gasteiger partial charge in [0.2, 0.25) is 5.91 Å². The van der Waals surface area contributed by atoms with Gasteiger partial charge in [-0.25, -0.2) is 0 Å². The summed E-state index contributed by atoms with van der Waals surface area (Å²) in [6.45, 7) is 4.11. The van der Waals surface area contributed by atoms with Crippen molar-refractivity contribution in [3.8, 4) is 11.5 Å². The lowest BCUT2D eigenvalue weighted by Crippen LogP contribution is -2.45. The molecule has 0 aromatic heterocycles. The van der Waals surface area contributed by atoms with Crippen LogP contribution in [0.25, 0.3) is 0 Å². The second-order valence-corrected chi connectivity index (χ2v) is 4.69. The van der Waals surface area contributed by atoms with Gasteiger partial charge in [0.15, 0.2) is 0 Å². The van der Waals surface area contributed by atoms with Crippen molar-refractivity contribution in [3.05, 3.63) is 24.3 Å². The maximum absolute atomic E-state index is 11.9. The summed E-state index contributed by atoms with van der Waals surface area (Å²) in [6.07, 6.45) is 0. The number of carbonyl (C=O) groups excluding carboxylic acids is 1. The van der Waals surface area contributed by atoms with Crippen LogP contribution >= 0.6 is 0 Å². The number of nitrogens with one attached hydrogen (secondary N) is 1. The third-order valence-electron chi connectivity index (χ3n) is 3.25. The Hall–Kier alpha value is -1.79. The maximum Gasteiger partial charge on any atom is 0.236 e. The molecule has 0 saturated carbocycles. The van der Waals surface area contributed by atoms with E-state index < -0.39 is 0 Å². The molecule has 0 bridgehead atoms. The van der Waals surface area contributed by atoms with Crippen molar-refractivity contribution in [3.63, 3.8) is 0 Å². The predicted octanol–water partition coefficient (Wildman–Crippen LogP) is 0.522. The van der Waals surface area contributed by atoms with Crippen LogP contribution in [0.15, 0.2) is 24.3 Å². The number of rotatable bonds is 7. The highest BCUT2D eigenvalue weighted by molar-refractivity contribution is 5.78. The molecular weight excluding hydrogens is 272 g/mol. The molecular formula is C15H22N2O4. The van der Waals surface area contributed by atoms with Gasteiger partial charge in [-0.05, 0) is 24.3 Å². The summed E-state index contributed by atoms with van der Waals surface area (Å²) in [5.41, 5.74) is 0. The first-order chi connectivity index (χ1) is 10.3. The molecule has 1 aromatic rings. The molecule has 1 N–H and O–H groups in total. The van der Waals surface area contributed by atoms with E-state index in [-0.39, 0.29) is 5.91 Å². The van der Waals surface area contributed by atoms with Gasteiger partial charge in [-0.3, -0.25) is 4.79 Å². The Kier molecular flexibility index (Phi) is 6.30. The van der Waals surface area contributed by atoms with Crippen molar-refractivity contribution in [2.75, 3.05) is 53.1 Å². The Labute approximate surface area is 125 Å². The van der Waals surface area contributed by atoms with Gasteiger partial charge in [-0.15, -0.1) is 0 Å². The number of hydrogen-bond donors (Lipinski definition) is 1. The van der Waals surface area contributed by atoms with Crippen LogP contribution in [0.2, 0.25) is 0 Å². The van der Waals surface area contributed by atoms with Crippen molar-refractivity contribution in [1.29, 1.82) is 0 Å². The minimum Gasteiger partial charge on any atom is -0.497 e. The van der Waals surface area contributed by atoms with Crippen molar-refractivity contribution in [1.82, 2.24) is 10.2 Å². The van der Waals surface area contributed by atoms with Crippen LogP contribution < -0.4 is 14.8 Å². The van der Waals surface area contributed by atoms with Gasteiger partial charge in [-0.1, -0.05) is 0 Å². The number of methoxy groups -OCH3 is 1. The summed E-state index contributed by atoms with van der Waals surface area (Å²) < 4.78 is 15.9. The third-order valence-corrected chi connectivity index (χ3v) is 3.25. The van der Waals surface area contributed by atoms with E-state index >= 15 is 0 Å². The SMILES string of the molecule is COc1ccc(OCCNCC(=O)N2CCOCC2)cc1. The van der Waals surface area contributed by atoms with Crippen LogP contribution in [-0.2, 0) is 9.53 Å². The third kappa shape index (κ3) is 5.24. The number of morpholine rings is 1. The molecule has 0 radical (unpaired) electrons. The maximum atomic E-state index is 11.9. The van der Waals surface area contributed by atoms with Crippen LogP contribution in [0.5, 0.6) is 11.5 Å². The predicted molar refractivity (Wildman–Crippen MR) is 78.8 cm³/mol. The quantitative estimate of drug-likeness (QED) is 0.743. The van der Waals surface area contributed by atoms with E-state index in [9.17, 15) is 4.79 Å². The summed E-state index contributed by atoms with van der Waals surface area (Å²) in [4.78, 5) is 13.7. The molecule has 0 atom stereocenters. The number of hydrogen-bond acceptors (Lipinski definition) is 5. The number of carbonyl (C=O) groups is 1. The Morgan fingerprint density at radius 3 is 2.57 bits per heavy atom. The second-order valence-electron chi connectivity index (χ2n) is 4.69. The molecule has 1 heterocycles. The molecule has 0 spiro atoms. The fourth-order valence-electron chi connectivity index (χ4n) is 2.03. The zero-order valence-corrected chi connectivity index (χ0v) is 12.3. The largest absolute Gasteiger partial charge is 0.497 e. The Morgan fingerprint density at radius 2 is 1.90 bits per heavy atom. The van der Waals surface area contributed by atoms with Crippen LogP contribution in [0.4, 0.5) is 0 Å². The molecule has 0 aliphatic carbocycles. The molecule has 2 rings (SSSR count). The topological polar surface area (TPSA) is 60.0 Å². The van der Waals surface area contributed by atoms with E-state index in [0.717, 1.165) is 11.5 Å². The van der Waals surface area contributed by atoms with E-state index in [0.29, 0.717) is 46.0 Å². The average Bonchev–Trinajstić information content (AvgIpc) is 2.55. The van der Waals surface area contributed by atoms with E-state index in [1.54, 1.807) is 7.11 Å². The van der Waals surface area contributed by atoms with Crippen molar-refractivity contribution < 1.29 is 19.0 Å². The lowest BCUT2D eigenvalue weighted by atomic mass is 10.3. The van der Waals surface area contributed by atoms with Gasteiger partial charge in [0.05, 0.1) is 26.9 Å². The first kappa shape index (κ1) is 15.6. The van der Waals surface area contributed by atoms with E-state index in [1.807, 2.05) is 29.2 Å². The summed E-state index contributed by atoms with van der Waals surface area (Å²) in [5, 5.41) is 3.09.